The van der Waals surface area contributed by atoms with Crippen molar-refractivity contribution in [3.8, 4) is 0 Å². The zero-order valence-electron chi connectivity index (χ0n) is 12.7. The van der Waals surface area contributed by atoms with Crippen LogP contribution in [0.1, 0.15) is 45.3 Å². The molecule has 4 nitrogen and oxygen atoms in total. The van der Waals surface area contributed by atoms with Crippen molar-refractivity contribution in [3.63, 3.8) is 0 Å². The van der Waals surface area contributed by atoms with Crippen LogP contribution in [0.5, 0.6) is 0 Å². The number of benzene rings is 1. The largest absolute Gasteiger partial charge is 0.477 e. The lowest BCUT2D eigenvalue weighted by molar-refractivity contribution is -0.122. The molecular weight excluding hydrogens is 310 g/mol. The summed E-state index contributed by atoms with van der Waals surface area (Å²) in [5.74, 6) is 0.170. The van der Waals surface area contributed by atoms with E-state index in [0.29, 0.717) is 29.7 Å². The van der Waals surface area contributed by atoms with Crippen LogP contribution in [-0.4, -0.2) is 17.0 Å². The monoisotopic (exact) mass is 329 g/mol. The smallest absolute Gasteiger partial charge is 0.345 e. The van der Waals surface area contributed by atoms with Gasteiger partial charge in [0.25, 0.3) is 0 Å². The molecule has 1 aromatic carbocycles. The molecule has 0 spiro atoms. The van der Waals surface area contributed by atoms with Crippen molar-refractivity contribution in [2.45, 2.75) is 31.7 Å². The molecule has 2 N–H and O–H groups in total. The van der Waals surface area contributed by atoms with Crippen LogP contribution in [0.3, 0.4) is 0 Å². The van der Waals surface area contributed by atoms with Crippen molar-refractivity contribution >= 4 is 23.2 Å². The van der Waals surface area contributed by atoms with Gasteiger partial charge in [0.15, 0.2) is 0 Å². The molecule has 0 atom stereocenters. The fourth-order valence-corrected chi connectivity index (χ4v) is 3.79. The fourth-order valence-electron chi connectivity index (χ4n) is 3.01. The average Bonchev–Trinajstić information content (AvgIpc) is 2.98. The van der Waals surface area contributed by atoms with E-state index in [9.17, 15) is 9.59 Å². The molecule has 0 saturated heterocycles. The molecule has 0 radical (unpaired) electrons. The lowest BCUT2D eigenvalue weighted by Gasteiger charge is -2.35. The summed E-state index contributed by atoms with van der Waals surface area (Å²) in [5, 5.41) is 11.8. The maximum absolute atomic E-state index is 12.0. The van der Waals surface area contributed by atoms with Crippen LogP contribution < -0.4 is 5.32 Å². The van der Waals surface area contributed by atoms with E-state index in [2.05, 4.69) is 29.6 Å². The van der Waals surface area contributed by atoms with E-state index in [-0.39, 0.29) is 5.91 Å². The molecule has 0 aliphatic heterocycles. The van der Waals surface area contributed by atoms with Crippen LogP contribution in [-0.2, 0) is 11.3 Å². The van der Waals surface area contributed by atoms with Gasteiger partial charge in [0.2, 0.25) is 5.91 Å². The molecule has 1 aliphatic carbocycles. The van der Waals surface area contributed by atoms with E-state index in [0.717, 1.165) is 17.7 Å². The van der Waals surface area contributed by atoms with E-state index in [1.54, 1.807) is 12.1 Å². The van der Waals surface area contributed by atoms with Gasteiger partial charge in [0.1, 0.15) is 4.88 Å². The van der Waals surface area contributed by atoms with Crippen molar-refractivity contribution in [1.29, 1.82) is 0 Å². The predicted octanol–water partition coefficient (Wildman–Crippen LogP) is 3.65. The quantitative estimate of drug-likeness (QED) is 0.850. The summed E-state index contributed by atoms with van der Waals surface area (Å²) in [4.78, 5) is 24.0. The Labute approximate surface area is 139 Å². The first-order chi connectivity index (χ1) is 11.1. The average molecular weight is 329 g/mol. The summed E-state index contributed by atoms with van der Waals surface area (Å²) in [5.41, 5.74) is 1.36. The Hall–Kier alpha value is -2.14. The SMILES string of the molecule is O=C(CC1CC(c2ccccc2)C1)NCc1ccc(C(=O)O)s1. The number of carboxylic acid groups (broad SMARTS) is 1. The molecule has 1 aromatic heterocycles. The third-order valence-electron chi connectivity index (χ3n) is 4.31. The molecule has 23 heavy (non-hydrogen) atoms. The maximum atomic E-state index is 12.0. The van der Waals surface area contributed by atoms with E-state index >= 15 is 0 Å². The molecule has 1 saturated carbocycles. The normalized spacial score (nSPS) is 19.8. The highest BCUT2D eigenvalue weighted by Gasteiger charge is 2.31. The Bertz CT molecular complexity index is 689. The highest BCUT2D eigenvalue weighted by atomic mass is 32.1. The van der Waals surface area contributed by atoms with Crippen LogP contribution >= 0.6 is 11.3 Å². The summed E-state index contributed by atoms with van der Waals surface area (Å²) in [6.45, 7) is 0.408. The van der Waals surface area contributed by atoms with Gasteiger partial charge in [-0.15, -0.1) is 11.3 Å². The van der Waals surface area contributed by atoms with Gasteiger partial charge in [-0.25, -0.2) is 4.79 Å². The molecule has 0 unspecified atom stereocenters. The Balaban J connectivity index is 1.40. The Kier molecular flexibility index (Phi) is 4.76. The number of amides is 1. The number of thiophene rings is 1. The van der Waals surface area contributed by atoms with Crippen LogP contribution in [0, 0.1) is 5.92 Å². The molecule has 1 heterocycles. The third-order valence-corrected chi connectivity index (χ3v) is 5.39. The first-order valence-electron chi connectivity index (χ1n) is 7.75. The van der Waals surface area contributed by atoms with Crippen LogP contribution in [0.25, 0.3) is 0 Å². The van der Waals surface area contributed by atoms with Gasteiger partial charge in [0, 0.05) is 11.3 Å². The molecule has 3 rings (SSSR count). The van der Waals surface area contributed by atoms with Crippen molar-refractivity contribution in [2.24, 2.45) is 5.92 Å². The number of carbonyl (C=O) groups is 2. The lowest BCUT2D eigenvalue weighted by Crippen LogP contribution is -2.30. The minimum atomic E-state index is -0.922. The highest BCUT2D eigenvalue weighted by Crippen LogP contribution is 2.43. The molecule has 120 valence electrons. The standard InChI is InChI=1S/C18H19NO3S/c20-17(19-11-15-6-7-16(23-15)18(21)22)10-12-8-14(9-12)13-4-2-1-3-5-13/h1-7,12,14H,8-11H2,(H,19,20)(H,21,22). The van der Waals surface area contributed by atoms with E-state index < -0.39 is 5.97 Å². The number of hydrogen-bond acceptors (Lipinski definition) is 3. The number of nitrogens with one attached hydrogen (secondary N) is 1. The summed E-state index contributed by atoms with van der Waals surface area (Å²) in [6, 6.07) is 13.8. The first kappa shape index (κ1) is 15.7. The van der Waals surface area contributed by atoms with Crippen LogP contribution in [0.4, 0.5) is 0 Å². The molecule has 1 fully saturated rings. The van der Waals surface area contributed by atoms with Crippen LogP contribution in [0.2, 0.25) is 0 Å². The summed E-state index contributed by atoms with van der Waals surface area (Å²) < 4.78 is 0. The minimum Gasteiger partial charge on any atom is -0.477 e. The summed E-state index contributed by atoms with van der Waals surface area (Å²) in [7, 11) is 0. The van der Waals surface area contributed by atoms with Crippen molar-refractivity contribution < 1.29 is 14.7 Å². The second kappa shape index (κ2) is 6.96. The Morgan fingerprint density at radius 2 is 1.87 bits per heavy atom. The van der Waals surface area contributed by atoms with E-state index in [1.807, 2.05) is 6.07 Å². The molecule has 2 aromatic rings. The minimum absolute atomic E-state index is 0.0480. The number of carboxylic acids is 1. The molecule has 1 amide bonds. The van der Waals surface area contributed by atoms with Gasteiger partial charge in [-0.2, -0.15) is 0 Å². The van der Waals surface area contributed by atoms with Crippen molar-refractivity contribution in [1.82, 2.24) is 5.32 Å². The first-order valence-corrected chi connectivity index (χ1v) is 8.57. The molecular formula is C18H19NO3S. The topological polar surface area (TPSA) is 66.4 Å². The zero-order valence-corrected chi connectivity index (χ0v) is 13.5. The molecule has 1 aliphatic rings. The Morgan fingerprint density at radius 1 is 1.13 bits per heavy atom. The van der Waals surface area contributed by atoms with Gasteiger partial charge >= 0.3 is 5.97 Å². The second-order valence-electron chi connectivity index (χ2n) is 6.00. The van der Waals surface area contributed by atoms with Gasteiger partial charge in [-0.1, -0.05) is 30.3 Å². The number of hydrogen-bond donors (Lipinski definition) is 2. The van der Waals surface area contributed by atoms with Crippen molar-refractivity contribution in [3.05, 3.63) is 57.8 Å². The van der Waals surface area contributed by atoms with E-state index in [1.165, 1.54) is 16.9 Å². The second-order valence-corrected chi connectivity index (χ2v) is 7.17. The number of carbonyl (C=O) groups excluding carboxylic acids is 1. The molecule has 5 heteroatoms. The highest BCUT2D eigenvalue weighted by molar-refractivity contribution is 7.13. The van der Waals surface area contributed by atoms with Crippen LogP contribution in [0.15, 0.2) is 42.5 Å². The Morgan fingerprint density at radius 3 is 2.52 bits per heavy atom. The number of aromatic carboxylic acids is 1. The van der Waals surface area contributed by atoms with Gasteiger partial charge in [-0.05, 0) is 42.4 Å². The lowest BCUT2D eigenvalue weighted by atomic mass is 9.70. The van der Waals surface area contributed by atoms with Crippen molar-refractivity contribution in [2.75, 3.05) is 0 Å². The zero-order chi connectivity index (χ0) is 16.2. The number of rotatable bonds is 6. The predicted molar refractivity (Wildman–Crippen MR) is 89.6 cm³/mol. The summed E-state index contributed by atoms with van der Waals surface area (Å²) >= 11 is 1.20. The van der Waals surface area contributed by atoms with Gasteiger partial charge in [0.05, 0.1) is 6.54 Å². The van der Waals surface area contributed by atoms with Gasteiger partial charge < -0.3 is 10.4 Å². The summed E-state index contributed by atoms with van der Waals surface area (Å²) in [6.07, 6.45) is 2.69. The third kappa shape index (κ3) is 3.99. The van der Waals surface area contributed by atoms with E-state index in [4.69, 9.17) is 5.11 Å². The maximum Gasteiger partial charge on any atom is 0.345 e. The fraction of sp³-hybridized carbons (Fsp3) is 0.333. The van der Waals surface area contributed by atoms with Gasteiger partial charge in [-0.3, -0.25) is 4.79 Å². The molecule has 0 bridgehead atoms.